The summed E-state index contributed by atoms with van der Waals surface area (Å²) in [6.07, 6.45) is 46.7. The minimum absolute atomic E-state index is 0.0607. The van der Waals surface area contributed by atoms with Crippen molar-refractivity contribution in [3.8, 4) is 0 Å². The van der Waals surface area contributed by atoms with Crippen molar-refractivity contribution in [2.45, 2.75) is 218 Å². The molecule has 0 aromatic rings. The van der Waals surface area contributed by atoms with Gasteiger partial charge >= 0.3 is 7.60 Å². The molecule has 0 saturated heterocycles. The largest absolute Gasteiger partial charge is 0.330 e. The summed E-state index contributed by atoms with van der Waals surface area (Å²) in [6, 6.07) is 0. The summed E-state index contributed by atoms with van der Waals surface area (Å²) >= 11 is 0. The normalized spacial score (nSPS) is 12.0. The van der Waals surface area contributed by atoms with Gasteiger partial charge in [0, 0.05) is 6.16 Å². The lowest BCUT2D eigenvalue weighted by atomic mass is 10.0. The zero-order valence-corrected chi connectivity index (χ0v) is 28.7. The molecule has 0 atom stereocenters. The summed E-state index contributed by atoms with van der Waals surface area (Å²) < 4.78 is 10.8. The fourth-order valence-electron chi connectivity index (χ4n) is 6.12. The molecular formula is C36H76NO3P. The summed E-state index contributed by atoms with van der Waals surface area (Å²) in [5.74, 6) is 0. The van der Waals surface area contributed by atoms with Crippen molar-refractivity contribution in [1.29, 1.82) is 0 Å². The standard InChI is InChI=1S/C36H76NO3P/c37-35-33-31-29-27-25-23-21-19-17-15-13-11-9-7-5-3-1-2-4-6-8-10-12-14-16-18-20-22-24-26-28-30-32-34-36-41(38,39)40/h1-37H2,(H2,38,39,40). The molecule has 0 radical (unpaired) electrons. The molecule has 0 aromatic carbocycles. The van der Waals surface area contributed by atoms with Crippen LogP contribution in [-0.4, -0.2) is 22.5 Å². The Labute approximate surface area is 258 Å². The Morgan fingerprint density at radius 1 is 0.293 bits per heavy atom. The smallest absolute Gasteiger partial charge is 0.325 e. The topological polar surface area (TPSA) is 83.6 Å². The van der Waals surface area contributed by atoms with Crippen LogP contribution in [0, 0.1) is 0 Å². The van der Waals surface area contributed by atoms with Gasteiger partial charge in [-0.1, -0.05) is 205 Å². The van der Waals surface area contributed by atoms with Gasteiger partial charge in [0.1, 0.15) is 0 Å². The molecule has 4 N–H and O–H groups in total. The number of hydrogen-bond donors (Lipinski definition) is 3. The maximum absolute atomic E-state index is 10.8. The number of unbranched alkanes of at least 4 members (excludes halogenated alkanes) is 33. The molecule has 0 aliphatic heterocycles. The van der Waals surface area contributed by atoms with Crippen LogP contribution in [0.4, 0.5) is 0 Å². The highest BCUT2D eigenvalue weighted by atomic mass is 31.2. The number of nitrogens with two attached hydrogens (primary N) is 1. The van der Waals surface area contributed by atoms with Crippen molar-refractivity contribution < 1.29 is 14.4 Å². The monoisotopic (exact) mass is 602 g/mol. The lowest BCUT2D eigenvalue weighted by Gasteiger charge is -2.05. The highest BCUT2D eigenvalue weighted by Crippen LogP contribution is 2.35. The molecule has 0 aliphatic rings. The van der Waals surface area contributed by atoms with Crippen molar-refractivity contribution in [1.82, 2.24) is 0 Å². The van der Waals surface area contributed by atoms with Crippen molar-refractivity contribution in [2.24, 2.45) is 5.73 Å². The minimum atomic E-state index is -3.77. The fourth-order valence-corrected chi connectivity index (χ4v) is 6.75. The summed E-state index contributed by atoms with van der Waals surface area (Å²) in [6.45, 7) is 0.865. The van der Waals surface area contributed by atoms with Crippen LogP contribution < -0.4 is 5.73 Å². The van der Waals surface area contributed by atoms with E-state index >= 15 is 0 Å². The van der Waals surface area contributed by atoms with Crippen LogP contribution in [-0.2, 0) is 4.57 Å². The summed E-state index contributed by atoms with van der Waals surface area (Å²) in [7, 11) is -3.77. The van der Waals surface area contributed by atoms with Crippen molar-refractivity contribution in [3.63, 3.8) is 0 Å². The van der Waals surface area contributed by atoms with E-state index in [1.54, 1.807) is 0 Å². The van der Waals surface area contributed by atoms with Gasteiger partial charge in [0.05, 0.1) is 0 Å². The second kappa shape index (κ2) is 34.6. The van der Waals surface area contributed by atoms with Crippen LogP contribution in [0.25, 0.3) is 0 Å². The van der Waals surface area contributed by atoms with Crippen LogP contribution in [0.5, 0.6) is 0 Å². The zero-order valence-electron chi connectivity index (χ0n) is 27.8. The summed E-state index contributed by atoms with van der Waals surface area (Å²) in [5.41, 5.74) is 5.54. The Kier molecular flexibility index (Phi) is 34.7. The van der Waals surface area contributed by atoms with Crippen molar-refractivity contribution >= 4 is 7.60 Å². The molecule has 248 valence electrons. The first-order valence-electron chi connectivity index (χ1n) is 18.8. The molecular weight excluding hydrogens is 525 g/mol. The number of hydrogen-bond acceptors (Lipinski definition) is 2. The second-order valence-electron chi connectivity index (χ2n) is 13.2. The first kappa shape index (κ1) is 41.1. The number of rotatable bonds is 36. The Morgan fingerprint density at radius 3 is 0.585 bits per heavy atom. The fraction of sp³-hybridized carbons (Fsp3) is 1.00. The van der Waals surface area contributed by atoms with E-state index in [0.717, 1.165) is 19.4 Å². The van der Waals surface area contributed by atoms with Gasteiger partial charge in [-0.3, -0.25) is 4.57 Å². The van der Waals surface area contributed by atoms with E-state index in [1.807, 2.05) is 0 Å². The molecule has 0 bridgehead atoms. The predicted molar refractivity (Wildman–Crippen MR) is 183 cm³/mol. The summed E-state index contributed by atoms with van der Waals surface area (Å²) in [4.78, 5) is 17.7. The van der Waals surface area contributed by atoms with Crippen molar-refractivity contribution in [3.05, 3.63) is 0 Å². The van der Waals surface area contributed by atoms with Gasteiger partial charge in [0.2, 0.25) is 0 Å². The minimum Gasteiger partial charge on any atom is -0.330 e. The van der Waals surface area contributed by atoms with E-state index in [-0.39, 0.29) is 6.16 Å². The molecule has 0 amide bonds. The van der Waals surface area contributed by atoms with Gasteiger partial charge in [-0.25, -0.2) is 0 Å². The van der Waals surface area contributed by atoms with Crippen molar-refractivity contribution in [2.75, 3.05) is 12.7 Å². The molecule has 0 spiro atoms. The third kappa shape index (κ3) is 40.1. The van der Waals surface area contributed by atoms with Crippen LogP contribution in [0.2, 0.25) is 0 Å². The van der Waals surface area contributed by atoms with E-state index in [0.29, 0.717) is 6.42 Å². The highest BCUT2D eigenvalue weighted by Gasteiger charge is 2.10. The molecule has 5 heteroatoms. The maximum Gasteiger partial charge on any atom is 0.325 e. The first-order chi connectivity index (χ1) is 20.1. The average Bonchev–Trinajstić information content (AvgIpc) is 2.94. The molecule has 41 heavy (non-hydrogen) atoms. The summed E-state index contributed by atoms with van der Waals surface area (Å²) in [5, 5.41) is 0. The Balaban J connectivity index is 3.05. The van der Waals surface area contributed by atoms with E-state index in [1.165, 1.54) is 199 Å². The third-order valence-electron chi connectivity index (χ3n) is 8.90. The van der Waals surface area contributed by atoms with E-state index < -0.39 is 7.60 Å². The van der Waals surface area contributed by atoms with E-state index in [4.69, 9.17) is 15.5 Å². The highest BCUT2D eigenvalue weighted by molar-refractivity contribution is 7.51. The van der Waals surface area contributed by atoms with Crippen LogP contribution in [0.1, 0.15) is 218 Å². The SMILES string of the molecule is NCCCCCCCCCCCCCCCCCCCCCCCCCCCCCCCCCCCCP(=O)(O)O. The van der Waals surface area contributed by atoms with Gasteiger partial charge < -0.3 is 15.5 Å². The molecule has 0 aromatic heterocycles. The van der Waals surface area contributed by atoms with Gasteiger partial charge in [0.15, 0.2) is 0 Å². The van der Waals surface area contributed by atoms with Gasteiger partial charge in [0.25, 0.3) is 0 Å². The Bertz CT molecular complexity index is 525. The first-order valence-corrected chi connectivity index (χ1v) is 20.6. The molecule has 0 aliphatic carbocycles. The second-order valence-corrected chi connectivity index (χ2v) is 15.0. The molecule has 4 nitrogen and oxygen atoms in total. The van der Waals surface area contributed by atoms with Crippen LogP contribution in [0.15, 0.2) is 0 Å². The predicted octanol–water partition coefficient (Wildman–Crippen LogP) is 12.4. The van der Waals surface area contributed by atoms with E-state index in [2.05, 4.69) is 0 Å². The zero-order chi connectivity index (χ0) is 30.0. The van der Waals surface area contributed by atoms with Crippen LogP contribution >= 0.6 is 7.60 Å². The molecule has 0 rings (SSSR count). The lowest BCUT2D eigenvalue weighted by molar-refractivity contribution is 0.370. The quantitative estimate of drug-likeness (QED) is 0.0492. The van der Waals surface area contributed by atoms with Gasteiger partial charge in [-0.2, -0.15) is 0 Å². The Hall–Kier alpha value is 0.110. The van der Waals surface area contributed by atoms with Crippen LogP contribution in [0.3, 0.4) is 0 Å². The maximum atomic E-state index is 10.8. The molecule has 0 fully saturated rings. The van der Waals surface area contributed by atoms with E-state index in [9.17, 15) is 4.57 Å². The third-order valence-corrected chi connectivity index (χ3v) is 9.80. The molecule has 0 unspecified atom stereocenters. The van der Waals surface area contributed by atoms with Gasteiger partial charge in [-0.05, 0) is 19.4 Å². The lowest BCUT2D eigenvalue weighted by Crippen LogP contribution is -1.97. The Morgan fingerprint density at radius 2 is 0.439 bits per heavy atom. The average molecular weight is 602 g/mol. The molecule has 0 saturated carbocycles. The molecule has 0 heterocycles. The van der Waals surface area contributed by atoms with Gasteiger partial charge in [-0.15, -0.1) is 0 Å².